The lowest BCUT2D eigenvalue weighted by atomic mass is 10.2. The van der Waals surface area contributed by atoms with Gasteiger partial charge in [0, 0.05) is 5.57 Å². The molecule has 0 aromatic rings. The quantitative estimate of drug-likeness (QED) is 0.166. The van der Waals surface area contributed by atoms with E-state index in [9.17, 15) is 14.3 Å². The first-order valence-electron chi connectivity index (χ1n) is 7.77. The zero-order valence-electron chi connectivity index (χ0n) is 14.7. The fourth-order valence-corrected chi connectivity index (χ4v) is 2.22. The molecule has 0 aliphatic heterocycles. The number of hydrogen-bond acceptors (Lipinski definition) is 6. The molecule has 0 saturated carbocycles. The SMILES string of the molecule is C=C(C)C(=O)OCCCCCCOP(=O)([O-])OCC[N+](C)(C)C. The van der Waals surface area contributed by atoms with Crippen LogP contribution >= 0.6 is 7.82 Å². The fourth-order valence-electron chi connectivity index (χ4n) is 1.49. The Kier molecular flexibility index (Phi) is 10.6. The summed E-state index contributed by atoms with van der Waals surface area (Å²) in [4.78, 5) is 22.6. The normalized spacial score (nSPS) is 14.3. The number of unbranched alkanes of at least 4 members (excludes halogenated alkanes) is 3. The maximum absolute atomic E-state index is 11.5. The van der Waals surface area contributed by atoms with E-state index in [4.69, 9.17) is 13.8 Å². The van der Waals surface area contributed by atoms with Crippen molar-refractivity contribution in [2.75, 3.05) is 47.5 Å². The zero-order valence-corrected chi connectivity index (χ0v) is 15.6. The average Bonchev–Trinajstić information content (AvgIpc) is 2.39. The van der Waals surface area contributed by atoms with Gasteiger partial charge in [-0.05, 0) is 26.2 Å². The zero-order chi connectivity index (χ0) is 17.9. The van der Waals surface area contributed by atoms with Gasteiger partial charge in [0.15, 0.2) is 0 Å². The second kappa shape index (κ2) is 10.9. The van der Waals surface area contributed by atoms with Gasteiger partial charge in [0.2, 0.25) is 0 Å². The molecule has 0 heterocycles. The van der Waals surface area contributed by atoms with Crippen LogP contribution in [0.15, 0.2) is 12.2 Å². The molecule has 8 heteroatoms. The van der Waals surface area contributed by atoms with E-state index in [-0.39, 0.29) is 19.2 Å². The molecule has 1 atom stereocenters. The third kappa shape index (κ3) is 14.6. The monoisotopic (exact) mass is 351 g/mol. The lowest BCUT2D eigenvalue weighted by molar-refractivity contribution is -0.870. The van der Waals surface area contributed by atoms with E-state index in [0.29, 0.717) is 29.6 Å². The third-order valence-corrected chi connectivity index (χ3v) is 3.88. The molecule has 7 nitrogen and oxygen atoms in total. The predicted octanol–water partition coefficient (Wildman–Crippen LogP) is 1.87. The van der Waals surface area contributed by atoms with Crippen molar-refractivity contribution in [2.24, 2.45) is 0 Å². The van der Waals surface area contributed by atoms with Crippen molar-refractivity contribution in [1.29, 1.82) is 0 Å². The first-order valence-corrected chi connectivity index (χ1v) is 9.23. The molecule has 0 amide bonds. The van der Waals surface area contributed by atoms with Crippen molar-refractivity contribution < 1.29 is 32.5 Å². The topological polar surface area (TPSA) is 84.9 Å². The number of carbonyl (C=O) groups is 1. The highest BCUT2D eigenvalue weighted by Gasteiger charge is 2.12. The van der Waals surface area contributed by atoms with Gasteiger partial charge >= 0.3 is 5.97 Å². The van der Waals surface area contributed by atoms with Gasteiger partial charge in [-0.1, -0.05) is 13.0 Å². The lowest BCUT2D eigenvalue weighted by Crippen LogP contribution is -2.37. The van der Waals surface area contributed by atoms with Crippen LogP contribution in [0.1, 0.15) is 32.6 Å². The number of nitrogens with zero attached hydrogens (tertiary/aromatic N) is 1. The van der Waals surface area contributed by atoms with Gasteiger partial charge in [-0.25, -0.2) is 4.79 Å². The number of phosphoric ester groups is 1. The lowest BCUT2D eigenvalue weighted by Gasteiger charge is -2.27. The van der Waals surface area contributed by atoms with Gasteiger partial charge < -0.3 is 23.2 Å². The van der Waals surface area contributed by atoms with Gasteiger partial charge in [0.25, 0.3) is 7.82 Å². The van der Waals surface area contributed by atoms with Crippen molar-refractivity contribution >= 4 is 13.8 Å². The molecule has 136 valence electrons. The number of likely N-dealkylation sites (N-methyl/N-ethyl adjacent to an activating group) is 1. The first-order chi connectivity index (χ1) is 10.5. The molecule has 0 aromatic carbocycles. The number of esters is 1. The molecule has 0 fully saturated rings. The first kappa shape index (κ1) is 22.3. The molecule has 0 N–H and O–H groups in total. The molecule has 0 bridgehead atoms. The van der Waals surface area contributed by atoms with Gasteiger partial charge in [0.05, 0.1) is 34.4 Å². The summed E-state index contributed by atoms with van der Waals surface area (Å²) in [5.74, 6) is -0.383. The molecule has 0 radical (unpaired) electrons. The number of rotatable bonds is 13. The van der Waals surface area contributed by atoms with Crippen LogP contribution in [0.25, 0.3) is 0 Å². The minimum Gasteiger partial charge on any atom is -0.756 e. The van der Waals surface area contributed by atoms with Crippen molar-refractivity contribution in [1.82, 2.24) is 0 Å². The van der Waals surface area contributed by atoms with Gasteiger partial charge in [-0.2, -0.15) is 0 Å². The van der Waals surface area contributed by atoms with Gasteiger partial charge in [-0.15, -0.1) is 0 Å². The Hall–Kier alpha value is -0.720. The Morgan fingerprint density at radius 2 is 1.57 bits per heavy atom. The van der Waals surface area contributed by atoms with Crippen molar-refractivity contribution in [2.45, 2.75) is 32.6 Å². The number of quaternary nitrogens is 1. The van der Waals surface area contributed by atoms with Crippen LogP contribution in [-0.4, -0.2) is 58.0 Å². The van der Waals surface area contributed by atoms with Crippen molar-refractivity contribution in [3.63, 3.8) is 0 Å². The Labute approximate surface area is 139 Å². The van der Waals surface area contributed by atoms with Crippen LogP contribution < -0.4 is 4.89 Å². The maximum Gasteiger partial charge on any atom is 0.333 e. The maximum atomic E-state index is 11.5. The van der Waals surface area contributed by atoms with E-state index in [1.54, 1.807) is 6.92 Å². The Balaban J connectivity index is 3.57. The molecule has 0 rings (SSSR count). The Bertz CT molecular complexity index is 419. The molecule has 1 unspecified atom stereocenters. The number of ether oxygens (including phenoxy) is 1. The Morgan fingerprint density at radius 1 is 1.04 bits per heavy atom. The van der Waals surface area contributed by atoms with E-state index < -0.39 is 7.82 Å². The van der Waals surface area contributed by atoms with Crippen LogP contribution in [0, 0.1) is 0 Å². The number of hydrogen-bond donors (Lipinski definition) is 0. The van der Waals surface area contributed by atoms with Gasteiger partial charge in [-0.3, -0.25) is 4.57 Å². The summed E-state index contributed by atoms with van der Waals surface area (Å²) in [6.45, 7) is 6.24. The average molecular weight is 351 g/mol. The van der Waals surface area contributed by atoms with Crippen molar-refractivity contribution in [3.05, 3.63) is 12.2 Å². The summed E-state index contributed by atoms with van der Waals surface area (Å²) < 4.78 is 26.7. The van der Waals surface area contributed by atoms with E-state index >= 15 is 0 Å². The second-order valence-electron chi connectivity index (χ2n) is 6.46. The van der Waals surface area contributed by atoms with Gasteiger partial charge in [0.1, 0.15) is 13.2 Å². The summed E-state index contributed by atoms with van der Waals surface area (Å²) >= 11 is 0. The standard InChI is InChI=1S/C15H30NO6P/c1-14(2)15(17)20-11-8-6-7-9-12-21-23(18,19)22-13-10-16(3,4)5/h1,6-13H2,2-5H3. The van der Waals surface area contributed by atoms with E-state index in [1.807, 2.05) is 21.1 Å². The van der Waals surface area contributed by atoms with Crippen LogP contribution in [0.4, 0.5) is 0 Å². The van der Waals surface area contributed by atoms with E-state index in [1.165, 1.54) is 0 Å². The molecule has 23 heavy (non-hydrogen) atoms. The molecular weight excluding hydrogens is 321 g/mol. The highest BCUT2D eigenvalue weighted by atomic mass is 31.2. The summed E-state index contributed by atoms with van der Waals surface area (Å²) in [7, 11) is 1.65. The fraction of sp³-hybridized carbons (Fsp3) is 0.800. The second-order valence-corrected chi connectivity index (χ2v) is 7.87. The molecule has 0 saturated heterocycles. The van der Waals surface area contributed by atoms with Crippen LogP contribution in [0.2, 0.25) is 0 Å². The van der Waals surface area contributed by atoms with Crippen LogP contribution in [-0.2, 0) is 23.1 Å². The molecular formula is C15H30NO6P. The molecule has 0 aliphatic rings. The highest BCUT2D eigenvalue weighted by Crippen LogP contribution is 2.38. The Morgan fingerprint density at radius 3 is 2.09 bits per heavy atom. The largest absolute Gasteiger partial charge is 0.756 e. The summed E-state index contributed by atoms with van der Waals surface area (Å²) in [6, 6.07) is 0. The van der Waals surface area contributed by atoms with Crippen LogP contribution in [0.3, 0.4) is 0 Å². The number of carbonyl (C=O) groups excluding carboxylic acids is 1. The minimum absolute atomic E-state index is 0.108. The smallest absolute Gasteiger partial charge is 0.333 e. The minimum atomic E-state index is -4.20. The summed E-state index contributed by atoms with van der Waals surface area (Å²) in [5, 5.41) is 0. The third-order valence-electron chi connectivity index (χ3n) is 2.88. The van der Waals surface area contributed by atoms with Crippen molar-refractivity contribution in [3.8, 4) is 0 Å². The summed E-state index contributed by atoms with van der Waals surface area (Å²) in [5.41, 5.74) is 0.384. The predicted molar refractivity (Wildman–Crippen MR) is 86.7 cm³/mol. The summed E-state index contributed by atoms with van der Waals surface area (Å²) in [6.07, 6.45) is 2.97. The number of phosphoric acid groups is 1. The molecule has 0 aromatic heterocycles. The van der Waals surface area contributed by atoms with E-state index in [0.717, 1.165) is 19.3 Å². The highest BCUT2D eigenvalue weighted by molar-refractivity contribution is 7.45. The molecule has 0 aliphatic carbocycles. The van der Waals surface area contributed by atoms with E-state index in [2.05, 4.69) is 6.58 Å². The molecule has 0 spiro atoms. The van der Waals surface area contributed by atoms with Crippen LogP contribution in [0.5, 0.6) is 0 Å².